The number of amides is 3. The minimum atomic E-state index is -0.319. The van der Waals surface area contributed by atoms with E-state index in [1.165, 1.54) is 4.90 Å². The van der Waals surface area contributed by atoms with E-state index >= 15 is 0 Å². The lowest BCUT2D eigenvalue weighted by molar-refractivity contribution is -0.143. The Bertz CT molecular complexity index is 615. The monoisotopic (exact) mass is 298 g/mol. The summed E-state index contributed by atoms with van der Waals surface area (Å²) in [4.78, 5) is 38.3. The summed E-state index contributed by atoms with van der Waals surface area (Å²) in [5.41, 5.74) is 0.673. The molecule has 1 heterocycles. The third-order valence-electron chi connectivity index (χ3n) is 5.38. The standard InChI is InChI=1S/C17H18N2O3/c20-13(18-12-4-2-1-3-5-12)9-19-16(21)14-10-6-7-11(8-10)15(14)17(19)22/h1-5,10-11,14-15H,6-9H2,(H,18,20)/t10-,11+,14-,15+. The molecule has 5 heteroatoms. The Morgan fingerprint density at radius 2 is 1.64 bits per heavy atom. The maximum absolute atomic E-state index is 12.5. The normalized spacial score (nSPS) is 32.5. The fourth-order valence-electron chi connectivity index (χ4n) is 4.49. The van der Waals surface area contributed by atoms with Gasteiger partial charge in [-0.15, -0.1) is 0 Å². The molecule has 0 unspecified atom stereocenters. The van der Waals surface area contributed by atoms with Crippen molar-refractivity contribution in [1.29, 1.82) is 0 Å². The number of anilines is 1. The van der Waals surface area contributed by atoms with Gasteiger partial charge in [0.05, 0.1) is 11.8 Å². The summed E-state index contributed by atoms with van der Waals surface area (Å²) in [7, 11) is 0. The lowest BCUT2D eigenvalue weighted by Crippen LogP contribution is -2.39. The highest BCUT2D eigenvalue weighted by atomic mass is 16.2. The van der Waals surface area contributed by atoms with Gasteiger partial charge in [0.1, 0.15) is 6.54 Å². The number of nitrogens with one attached hydrogen (secondary N) is 1. The second-order valence-electron chi connectivity index (χ2n) is 6.56. The van der Waals surface area contributed by atoms with Crippen LogP contribution in [0.3, 0.4) is 0 Å². The molecule has 114 valence electrons. The zero-order chi connectivity index (χ0) is 15.3. The Kier molecular flexibility index (Phi) is 3.03. The van der Waals surface area contributed by atoms with E-state index in [4.69, 9.17) is 0 Å². The summed E-state index contributed by atoms with van der Waals surface area (Å²) in [5.74, 6) is -0.190. The molecule has 2 aliphatic carbocycles. The molecule has 1 aliphatic heterocycles. The number of nitrogens with zero attached hydrogens (tertiary/aromatic N) is 1. The fourth-order valence-corrected chi connectivity index (χ4v) is 4.49. The van der Waals surface area contributed by atoms with Gasteiger partial charge in [-0.25, -0.2) is 0 Å². The van der Waals surface area contributed by atoms with Crippen LogP contribution < -0.4 is 5.32 Å². The predicted molar refractivity (Wildman–Crippen MR) is 79.6 cm³/mol. The highest BCUT2D eigenvalue weighted by Crippen LogP contribution is 2.55. The number of para-hydroxylation sites is 1. The molecule has 1 aromatic carbocycles. The van der Waals surface area contributed by atoms with Crippen molar-refractivity contribution in [3.05, 3.63) is 30.3 Å². The first-order valence-electron chi connectivity index (χ1n) is 7.85. The van der Waals surface area contributed by atoms with E-state index in [1.807, 2.05) is 18.2 Å². The molecule has 4 rings (SSSR count). The highest BCUT2D eigenvalue weighted by Gasteiger charge is 2.60. The van der Waals surface area contributed by atoms with Gasteiger partial charge in [0, 0.05) is 5.69 Å². The summed E-state index contributed by atoms with van der Waals surface area (Å²) >= 11 is 0. The first-order chi connectivity index (χ1) is 10.6. The van der Waals surface area contributed by atoms with Crippen molar-refractivity contribution >= 4 is 23.4 Å². The van der Waals surface area contributed by atoms with Crippen LogP contribution in [-0.4, -0.2) is 29.2 Å². The Morgan fingerprint density at radius 3 is 2.23 bits per heavy atom. The molecule has 3 amide bonds. The maximum atomic E-state index is 12.5. The van der Waals surface area contributed by atoms with E-state index in [1.54, 1.807) is 12.1 Å². The highest BCUT2D eigenvalue weighted by molar-refractivity contribution is 6.09. The molecule has 3 aliphatic rings. The van der Waals surface area contributed by atoms with Gasteiger partial charge in [-0.05, 0) is 43.2 Å². The summed E-state index contributed by atoms with van der Waals surface area (Å²) in [6.07, 6.45) is 3.11. The quantitative estimate of drug-likeness (QED) is 0.863. The van der Waals surface area contributed by atoms with Crippen molar-refractivity contribution in [1.82, 2.24) is 4.90 Å². The topological polar surface area (TPSA) is 66.5 Å². The molecule has 0 aromatic heterocycles. The summed E-state index contributed by atoms with van der Waals surface area (Å²) in [5, 5.41) is 2.73. The number of fused-ring (bicyclic) bond motifs is 5. The molecule has 0 spiro atoms. The van der Waals surface area contributed by atoms with Gasteiger partial charge in [-0.1, -0.05) is 18.2 Å². The van der Waals surface area contributed by atoms with Crippen LogP contribution >= 0.6 is 0 Å². The number of carbonyl (C=O) groups is 3. The first kappa shape index (κ1) is 13.5. The average Bonchev–Trinajstić information content (AvgIpc) is 3.18. The van der Waals surface area contributed by atoms with Gasteiger partial charge < -0.3 is 5.32 Å². The van der Waals surface area contributed by atoms with Crippen molar-refractivity contribution in [2.75, 3.05) is 11.9 Å². The molecule has 3 fully saturated rings. The minimum absolute atomic E-state index is 0.134. The van der Waals surface area contributed by atoms with Crippen LogP contribution in [0.1, 0.15) is 19.3 Å². The van der Waals surface area contributed by atoms with Gasteiger partial charge in [0.25, 0.3) is 0 Å². The average molecular weight is 298 g/mol. The van der Waals surface area contributed by atoms with Crippen LogP contribution in [0.15, 0.2) is 30.3 Å². The molecule has 1 saturated heterocycles. The van der Waals surface area contributed by atoms with Crippen molar-refractivity contribution in [2.45, 2.75) is 19.3 Å². The number of rotatable bonds is 3. The number of hydrogen-bond donors (Lipinski definition) is 1. The Hall–Kier alpha value is -2.17. The molecule has 1 N–H and O–H groups in total. The first-order valence-corrected chi connectivity index (χ1v) is 7.85. The predicted octanol–water partition coefficient (Wildman–Crippen LogP) is 1.66. The molecule has 2 saturated carbocycles. The van der Waals surface area contributed by atoms with Gasteiger partial charge in [0.2, 0.25) is 17.7 Å². The minimum Gasteiger partial charge on any atom is -0.325 e. The molecule has 2 bridgehead atoms. The second-order valence-corrected chi connectivity index (χ2v) is 6.56. The number of hydrogen-bond acceptors (Lipinski definition) is 3. The SMILES string of the molecule is O=C(CN1C(=O)[C@@H]2[C@@H]3CC[C@@H](C3)[C@@H]2C1=O)Nc1ccccc1. The van der Waals surface area contributed by atoms with E-state index in [-0.39, 0.29) is 36.1 Å². The molecule has 0 radical (unpaired) electrons. The largest absolute Gasteiger partial charge is 0.325 e. The van der Waals surface area contributed by atoms with E-state index in [0.29, 0.717) is 17.5 Å². The van der Waals surface area contributed by atoms with Crippen LogP contribution in [0.5, 0.6) is 0 Å². The van der Waals surface area contributed by atoms with Crippen LogP contribution in [-0.2, 0) is 14.4 Å². The Labute approximate surface area is 128 Å². The lowest BCUT2D eigenvalue weighted by Gasteiger charge is -2.19. The maximum Gasteiger partial charge on any atom is 0.244 e. The number of likely N-dealkylation sites (tertiary alicyclic amines) is 1. The summed E-state index contributed by atoms with van der Waals surface area (Å²) in [6, 6.07) is 9.06. The molecular weight excluding hydrogens is 280 g/mol. The Balaban J connectivity index is 1.46. The van der Waals surface area contributed by atoms with Gasteiger partial charge in [-0.3, -0.25) is 19.3 Å². The summed E-state index contributed by atoms with van der Waals surface area (Å²) in [6.45, 7) is -0.168. The third kappa shape index (κ3) is 1.95. The smallest absolute Gasteiger partial charge is 0.244 e. The molecular formula is C17H18N2O3. The molecule has 22 heavy (non-hydrogen) atoms. The van der Waals surface area contributed by atoms with Crippen LogP contribution in [0.2, 0.25) is 0 Å². The van der Waals surface area contributed by atoms with Crippen LogP contribution in [0.25, 0.3) is 0 Å². The number of carbonyl (C=O) groups excluding carboxylic acids is 3. The number of imide groups is 1. The van der Waals surface area contributed by atoms with Gasteiger partial charge >= 0.3 is 0 Å². The zero-order valence-corrected chi connectivity index (χ0v) is 12.2. The molecule has 1 aromatic rings. The van der Waals surface area contributed by atoms with Gasteiger partial charge in [0.15, 0.2) is 0 Å². The third-order valence-corrected chi connectivity index (χ3v) is 5.38. The van der Waals surface area contributed by atoms with Crippen molar-refractivity contribution in [3.8, 4) is 0 Å². The van der Waals surface area contributed by atoms with Crippen LogP contribution in [0, 0.1) is 23.7 Å². The van der Waals surface area contributed by atoms with E-state index < -0.39 is 0 Å². The Morgan fingerprint density at radius 1 is 1.05 bits per heavy atom. The van der Waals surface area contributed by atoms with E-state index in [0.717, 1.165) is 19.3 Å². The molecule has 4 atom stereocenters. The van der Waals surface area contributed by atoms with Crippen molar-refractivity contribution in [3.63, 3.8) is 0 Å². The van der Waals surface area contributed by atoms with E-state index in [9.17, 15) is 14.4 Å². The second kappa shape index (κ2) is 4.93. The fraction of sp³-hybridized carbons (Fsp3) is 0.471. The van der Waals surface area contributed by atoms with Gasteiger partial charge in [-0.2, -0.15) is 0 Å². The van der Waals surface area contributed by atoms with Crippen molar-refractivity contribution in [2.24, 2.45) is 23.7 Å². The summed E-state index contributed by atoms with van der Waals surface area (Å²) < 4.78 is 0. The van der Waals surface area contributed by atoms with Crippen molar-refractivity contribution < 1.29 is 14.4 Å². The number of benzene rings is 1. The zero-order valence-electron chi connectivity index (χ0n) is 12.2. The van der Waals surface area contributed by atoms with E-state index in [2.05, 4.69) is 5.32 Å². The van der Waals surface area contributed by atoms with Crippen LogP contribution in [0.4, 0.5) is 5.69 Å². The molecule has 5 nitrogen and oxygen atoms in total. The lowest BCUT2D eigenvalue weighted by atomic mass is 9.81.